The molecule has 0 atom stereocenters. The SMILES string of the molecule is C=CCOOCCCCOc1ccc(/C=C/C(=O)Oc2ccc(-c3ccc(OC(=O)/C=C/c4ccc(OCCCCOC=C)c(OCCCCOC=C)c4OCCCCCC)cc3)cc2)c(OCCCCCC)c1OCCCCOOCC=C. The average Bonchev–Trinajstić information content (AvgIpc) is 3.47. The second kappa shape index (κ2) is 45.0. The van der Waals surface area contributed by atoms with E-state index in [1.54, 1.807) is 48.6 Å². The maximum atomic E-state index is 13.3. The summed E-state index contributed by atoms with van der Waals surface area (Å²) in [6, 6.07) is 21.6. The van der Waals surface area contributed by atoms with E-state index >= 15 is 0 Å². The fourth-order valence-electron chi connectivity index (χ4n) is 7.92. The number of benzene rings is 4. The van der Waals surface area contributed by atoms with Crippen molar-refractivity contribution in [3.63, 3.8) is 0 Å². The first-order valence-electron chi connectivity index (χ1n) is 29.6. The summed E-state index contributed by atoms with van der Waals surface area (Å²) in [6.45, 7) is 23.8. The molecule has 0 aliphatic rings. The maximum Gasteiger partial charge on any atom is 0.336 e. The normalized spacial score (nSPS) is 11.0. The molecule has 458 valence electrons. The number of ether oxygens (including phenoxy) is 10. The minimum Gasteiger partial charge on any atom is -0.502 e. The summed E-state index contributed by atoms with van der Waals surface area (Å²) in [5, 5.41) is 0. The van der Waals surface area contributed by atoms with Crippen LogP contribution in [0.1, 0.15) is 128 Å². The number of rotatable bonds is 51. The van der Waals surface area contributed by atoms with E-state index in [4.69, 9.17) is 66.9 Å². The van der Waals surface area contributed by atoms with Crippen LogP contribution in [0, 0.1) is 0 Å². The molecule has 0 unspecified atom stereocenters. The van der Waals surface area contributed by atoms with Crippen molar-refractivity contribution in [2.75, 3.05) is 79.3 Å². The molecule has 0 fully saturated rings. The summed E-state index contributed by atoms with van der Waals surface area (Å²) < 4.78 is 60.1. The van der Waals surface area contributed by atoms with E-state index in [0.29, 0.717) is 162 Å². The molecule has 0 heterocycles. The highest BCUT2D eigenvalue weighted by molar-refractivity contribution is 5.90. The molecule has 4 aromatic carbocycles. The second-order valence-corrected chi connectivity index (χ2v) is 19.1. The van der Waals surface area contributed by atoms with Gasteiger partial charge in [-0.25, -0.2) is 29.1 Å². The highest BCUT2D eigenvalue weighted by atomic mass is 17.2. The summed E-state index contributed by atoms with van der Waals surface area (Å²) in [6.07, 6.45) is 26.1. The van der Waals surface area contributed by atoms with E-state index in [9.17, 15) is 9.59 Å². The summed E-state index contributed by atoms with van der Waals surface area (Å²) in [5.74, 6) is 2.52. The molecule has 0 aromatic heterocycles. The van der Waals surface area contributed by atoms with E-state index in [1.165, 1.54) is 24.7 Å². The van der Waals surface area contributed by atoms with Crippen molar-refractivity contribution in [3.8, 4) is 57.1 Å². The van der Waals surface area contributed by atoms with Crippen molar-refractivity contribution < 1.29 is 76.5 Å². The Morgan fingerprint density at radius 1 is 0.369 bits per heavy atom. The average molecular weight is 1160 g/mol. The molecule has 0 N–H and O–H groups in total. The van der Waals surface area contributed by atoms with Gasteiger partial charge in [0.25, 0.3) is 0 Å². The second-order valence-electron chi connectivity index (χ2n) is 19.1. The third kappa shape index (κ3) is 28.7. The van der Waals surface area contributed by atoms with Crippen molar-refractivity contribution in [1.82, 2.24) is 0 Å². The van der Waals surface area contributed by atoms with Crippen LogP contribution in [0.4, 0.5) is 0 Å². The lowest BCUT2D eigenvalue weighted by Gasteiger charge is -2.19. The topological polar surface area (TPSA) is 163 Å². The van der Waals surface area contributed by atoms with Gasteiger partial charge in [0.05, 0.1) is 78.6 Å². The Kier molecular flexibility index (Phi) is 37.0. The van der Waals surface area contributed by atoms with Gasteiger partial charge in [-0.15, -0.1) is 13.2 Å². The molecule has 84 heavy (non-hydrogen) atoms. The summed E-state index contributed by atoms with van der Waals surface area (Å²) in [5.41, 5.74) is 2.98. The molecule has 4 aromatic rings. The Balaban J connectivity index is 1.44. The van der Waals surface area contributed by atoms with Gasteiger partial charge in [-0.3, -0.25) is 0 Å². The van der Waals surface area contributed by atoms with Crippen LogP contribution in [0.3, 0.4) is 0 Å². The van der Waals surface area contributed by atoms with Crippen molar-refractivity contribution in [3.05, 3.63) is 147 Å². The van der Waals surface area contributed by atoms with Gasteiger partial charge in [0.1, 0.15) is 24.7 Å². The van der Waals surface area contributed by atoms with Gasteiger partial charge in [-0.2, -0.15) is 0 Å². The molecule has 0 saturated heterocycles. The number of esters is 2. The number of carbonyl (C=O) groups is 2. The zero-order valence-corrected chi connectivity index (χ0v) is 49.7. The van der Waals surface area contributed by atoms with Crippen LogP contribution in [-0.2, 0) is 38.6 Å². The van der Waals surface area contributed by atoms with E-state index in [1.807, 2.05) is 48.5 Å². The van der Waals surface area contributed by atoms with Crippen LogP contribution < -0.4 is 37.9 Å². The van der Waals surface area contributed by atoms with E-state index in [-0.39, 0.29) is 0 Å². The molecule has 0 saturated carbocycles. The smallest absolute Gasteiger partial charge is 0.336 e. The van der Waals surface area contributed by atoms with Gasteiger partial charge in [-0.05, 0) is 136 Å². The first kappa shape index (κ1) is 69.0. The molecule has 16 nitrogen and oxygen atoms in total. The molecule has 0 bridgehead atoms. The molecule has 0 aliphatic carbocycles. The van der Waals surface area contributed by atoms with Crippen LogP contribution in [0.5, 0.6) is 46.0 Å². The lowest BCUT2D eigenvalue weighted by Crippen LogP contribution is -2.08. The van der Waals surface area contributed by atoms with Gasteiger partial charge < -0.3 is 47.4 Å². The summed E-state index contributed by atoms with van der Waals surface area (Å²) in [7, 11) is 0. The Hall–Kier alpha value is -7.50. The van der Waals surface area contributed by atoms with Crippen molar-refractivity contribution in [2.24, 2.45) is 0 Å². The number of unbranched alkanes of at least 4 members (excludes halogenated alkanes) is 10. The van der Waals surface area contributed by atoms with Crippen molar-refractivity contribution >= 4 is 24.1 Å². The first-order valence-corrected chi connectivity index (χ1v) is 29.6. The molecule has 4 rings (SSSR count). The molecule has 16 heteroatoms. The minimum absolute atomic E-state index is 0.305. The molecular weight excluding hydrogens is 1070 g/mol. The van der Waals surface area contributed by atoms with E-state index in [2.05, 4.69) is 40.2 Å². The highest BCUT2D eigenvalue weighted by Gasteiger charge is 2.20. The van der Waals surface area contributed by atoms with Crippen LogP contribution in [-0.4, -0.2) is 91.2 Å². The Morgan fingerprint density at radius 3 is 1.08 bits per heavy atom. The van der Waals surface area contributed by atoms with Crippen LogP contribution >= 0.6 is 0 Å². The monoisotopic (exact) mass is 1160 g/mol. The zero-order valence-electron chi connectivity index (χ0n) is 49.7. The largest absolute Gasteiger partial charge is 0.502 e. The quantitative estimate of drug-likeness (QED) is 0.00599. The fourth-order valence-corrected chi connectivity index (χ4v) is 7.92. The lowest BCUT2D eigenvalue weighted by atomic mass is 10.1. The molecule has 0 radical (unpaired) electrons. The van der Waals surface area contributed by atoms with Gasteiger partial charge in [0.2, 0.25) is 11.5 Å². The standard InChI is InChI=1S/C68H90O16/c1-7-13-15-17-49-75-65-57(31-39-61(73-47-21-19-45-71-11-5)67(65)77-51-22-20-46-72-12-6)33-41-63(69)83-59-35-27-55(28-36-59)56-29-37-60(38-30-56)84-64(70)42-34-58-32-40-62(74-48-23-25-53-81-79-43-9-3)68(66(58)76-50-18-16-14-8-2)78-52-24-26-54-82-80-44-10-4/h9-12,27-42H,3-8,13-26,43-54H2,1-2H3/b41-33+,42-34+. The Labute approximate surface area is 498 Å². The van der Waals surface area contributed by atoms with Crippen LogP contribution in [0.15, 0.2) is 136 Å². The van der Waals surface area contributed by atoms with E-state index < -0.39 is 11.9 Å². The lowest BCUT2D eigenvalue weighted by molar-refractivity contribution is -0.286. The fraction of sp³-hybridized carbons (Fsp3) is 0.441. The number of carbonyl (C=O) groups excluding carboxylic acids is 2. The number of hydrogen-bond acceptors (Lipinski definition) is 16. The minimum atomic E-state index is -0.581. The summed E-state index contributed by atoms with van der Waals surface area (Å²) >= 11 is 0. The highest BCUT2D eigenvalue weighted by Crippen LogP contribution is 2.43. The van der Waals surface area contributed by atoms with Crippen LogP contribution in [0.2, 0.25) is 0 Å². The molecule has 0 amide bonds. The molecule has 0 aliphatic heterocycles. The molecular formula is C68H90O16. The van der Waals surface area contributed by atoms with Crippen molar-refractivity contribution in [2.45, 2.75) is 117 Å². The first-order chi connectivity index (χ1) is 41.3. The Bertz CT molecular complexity index is 2540. The predicted molar refractivity (Wildman–Crippen MR) is 329 cm³/mol. The maximum absolute atomic E-state index is 13.3. The summed E-state index contributed by atoms with van der Waals surface area (Å²) in [4.78, 5) is 47.1. The van der Waals surface area contributed by atoms with Gasteiger partial charge in [0.15, 0.2) is 23.0 Å². The van der Waals surface area contributed by atoms with Gasteiger partial charge >= 0.3 is 11.9 Å². The zero-order chi connectivity index (χ0) is 59.9. The Morgan fingerprint density at radius 2 is 0.714 bits per heavy atom. The predicted octanol–water partition coefficient (Wildman–Crippen LogP) is 15.7. The van der Waals surface area contributed by atoms with Gasteiger partial charge in [0, 0.05) is 23.3 Å². The third-order valence-electron chi connectivity index (χ3n) is 12.3. The van der Waals surface area contributed by atoms with Crippen molar-refractivity contribution in [1.29, 1.82) is 0 Å². The third-order valence-corrected chi connectivity index (χ3v) is 12.3. The number of hydrogen-bond donors (Lipinski definition) is 0. The van der Waals surface area contributed by atoms with Gasteiger partial charge in [-0.1, -0.05) is 102 Å². The van der Waals surface area contributed by atoms with Crippen LogP contribution in [0.25, 0.3) is 23.3 Å². The van der Waals surface area contributed by atoms with E-state index in [0.717, 1.165) is 88.2 Å². The molecule has 0 spiro atoms.